The highest BCUT2D eigenvalue weighted by Crippen LogP contribution is 2.31. The van der Waals surface area contributed by atoms with Gasteiger partial charge in [-0.2, -0.15) is 0 Å². The van der Waals surface area contributed by atoms with Gasteiger partial charge in [-0.25, -0.2) is 5.90 Å². The minimum absolute atomic E-state index is 0.250. The highest BCUT2D eigenvalue weighted by Gasteiger charge is 2.10. The van der Waals surface area contributed by atoms with E-state index in [9.17, 15) is 5.11 Å². The summed E-state index contributed by atoms with van der Waals surface area (Å²) >= 11 is 6.09. The van der Waals surface area contributed by atoms with Crippen molar-refractivity contribution in [1.29, 1.82) is 0 Å². The summed E-state index contributed by atoms with van der Waals surface area (Å²) in [5.74, 6) is 5.47. The predicted octanol–water partition coefficient (Wildman–Crippen LogP) is 2.60. The van der Waals surface area contributed by atoms with Crippen LogP contribution in [0.5, 0.6) is 5.75 Å². The number of nitrogens with two attached hydrogens (primary N) is 1. The van der Waals surface area contributed by atoms with Crippen molar-refractivity contribution in [3.05, 3.63) is 28.3 Å². The number of rotatable bonds is 4. The highest BCUT2D eigenvalue weighted by atomic mass is 35.5. The first-order valence-electron chi connectivity index (χ1n) is 4.89. The molecule has 0 bridgehead atoms. The fourth-order valence-electron chi connectivity index (χ4n) is 1.43. The maximum Gasteiger partial charge on any atom is 0.119 e. The third kappa shape index (κ3) is 3.09. The summed E-state index contributed by atoms with van der Waals surface area (Å²) in [5.41, 5.74) is 1.71. The van der Waals surface area contributed by atoms with Gasteiger partial charge in [-0.3, -0.25) is 0 Å². The SMILES string of the molecule is CC(C)c1cc(O)c(CCON)cc1Cl. The van der Waals surface area contributed by atoms with Crippen LogP contribution < -0.4 is 5.90 Å². The molecular weight excluding hydrogens is 214 g/mol. The number of aromatic hydroxyl groups is 1. The third-order valence-electron chi connectivity index (χ3n) is 2.31. The number of phenolic OH excluding ortho intramolecular Hbond substituents is 1. The summed E-state index contributed by atoms with van der Waals surface area (Å²) in [6.07, 6.45) is 0.556. The van der Waals surface area contributed by atoms with Crippen molar-refractivity contribution in [1.82, 2.24) is 0 Å². The molecule has 1 aromatic rings. The Morgan fingerprint density at radius 3 is 2.67 bits per heavy atom. The van der Waals surface area contributed by atoms with E-state index in [-0.39, 0.29) is 5.75 Å². The number of hydrogen-bond donors (Lipinski definition) is 2. The second-order valence-corrected chi connectivity index (χ2v) is 4.19. The van der Waals surface area contributed by atoms with E-state index in [0.29, 0.717) is 24.0 Å². The first kappa shape index (κ1) is 12.3. The maximum atomic E-state index is 9.74. The van der Waals surface area contributed by atoms with E-state index in [4.69, 9.17) is 17.5 Å². The van der Waals surface area contributed by atoms with Gasteiger partial charge < -0.3 is 9.94 Å². The van der Waals surface area contributed by atoms with Gasteiger partial charge in [0, 0.05) is 11.4 Å². The Morgan fingerprint density at radius 1 is 1.47 bits per heavy atom. The molecule has 0 aliphatic rings. The van der Waals surface area contributed by atoms with Crippen LogP contribution in [0.3, 0.4) is 0 Å². The molecule has 0 saturated carbocycles. The number of halogens is 1. The number of phenols is 1. The van der Waals surface area contributed by atoms with Gasteiger partial charge in [-0.05, 0) is 29.2 Å². The fraction of sp³-hybridized carbons (Fsp3) is 0.455. The van der Waals surface area contributed by atoms with Crippen molar-refractivity contribution in [3.63, 3.8) is 0 Å². The van der Waals surface area contributed by atoms with Gasteiger partial charge in [0.05, 0.1) is 6.61 Å². The average molecular weight is 230 g/mol. The van der Waals surface area contributed by atoms with Crippen LogP contribution >= 0.6 is 11.6 Å². The van der Waals surface area contributed by atoms with Crippen LogP contribution in [0.4, 0.5) is 0 Å². The molecule has 1 rings (SSSR count). The number of benzene rings is 1. The van der Waals surface area contributed by atoms with E-state index in [1.54, 1.807) is 12.1 Å². The molecule has 0 aromatic heterocycles. The fourth-order valence-corrected chi connectivity index (χ4v) is 1.84. The van der Waals surface area contributed by atoms with Crippen LogP contribution in [0.15, 0.2) is 12.1 Å². The third-order valence-corrected chi connectivity index (χ3v) is 2.64. The molecule has 0 amide bonds. The Balaban J connectivity index is 2.97. The zero-order valence-corrected chi connectivity index (χ0v) is 9.71. The molecule has 3 N–H and O–H groups in total. The van der Waals surface area contributed by atoms with Crippen LogP contribution in [0, 0.1) is 0 Å². The molecule has 0 heterocycles. The summed E-state index contributed by atoms with van der Waals surface area (Å²) in [6.45, 7) is 4.43. The summed E-state index contributed by atoms with van der Waals surface area (Å²) in [4.78, 5) is 4.46. The molecule has 0 fully saturated rings. The smallest absolute Gasteiger partial charge is 0.119 e. The number of hydrogen-bond acceptors (Lipinski definition) is 3. The van der Waals surface area contributed by atoms with Crippen molar-refractivity contribution in [2.75, 3.05) is 6.61 Å². The Bertz CT molecular complexity index is 340. The van der Waals surface area contributed by atoms with Gasteiger partial charge in [0.2, 0.25) is 0 Å². The quantitative estimate of drug-likeness (QED) is 0.781. The Kier molecular flexibility index (Phi) is 4.39. The molecule has 0 saturated heterocycles. The molecule has 0 unspecified atom stereocenters. The lowest BCUT2D eigenvalue weighted by atomic mass is 10.00. The van der Waals surface area contributed by atoms with Gasteiger partial charge in [0.1, 0.15) is 5.75 Å². The van der Waals surface area contributed by atoms with Crippen LogP contribution in [0.2, 0.25) is 5.02 Å². The van der Waals surface area contributed by atoms with Crippen LogP contribution in [-0.4, -0.2) is 11.7 Å². The van der Waals surface area contributed by atoms with E-state index in [1.165, 1.54) is 0 Å². The molecule has 4 heteroatoms. The normalized spacial score (nSPS) is 11.0. The van der Waals surface area contributed by atoms with Crippen LogP contribution in [0.1, 0.15) is 30.9 Å². The van der Waals surface area contributed by atoms with Crippen molar-refractivity contribution in [3.8, 4) is 5.75 Å². The van der Waals surface area contributed by atoms with Crippen LogP contribution in [-0.2, 0) is 11.3 Å². The molecule has 0 spiro atoms. The first-order chi connectivity index (χ1) is 7.06. The first-order valence-corrected chi connectivity index (χ1v) is 5.27. The van der Waals surface area contributed by atoms with Crippen molar-refractivity contribution < 1.29 is 9.94 Å². The average Bonchev–Trinajstić information content (AvgIpc) is 2.18. The molecular formula is C11H16ClNO2. The lowest BCUT2D eigenvalue weighted by Crippen LogP contribution is -2.04. The molecule has 1 aromatic carbocycles. The second kappa shape index (κ2) is 5.35. The van der Waals surface area contributed by atoms with Crippen molar-refractivity contribution in [2.24, 2.45) is 5.90 Å². The second-order valence-electron chi connectivity index (χ2n) is 3.78. The lowest BCUT2D eigenvalue weighted by molar-refractivity contribution is 0.140. The van der Waals surface area contributed by atoms with E-state index in [0.717, 1.165) is 11.1 Å². The van der Waals surface area contributed by atoms with E-state index < -0.39 is 0 Å². The summed E-state index contributed by atoms with van der Waals surface area (Å²) in [6, 6.07) is 3.48. The topological polar surface area (TPSA) is 55.5 Å². The summed E-state index contributed by atoms with van der Waals surface area (Å²) in [7, 11) is 0. The predicted molar refractivity (Wildman–Crippen MR) is 61.0 cm³/mol. The minimum Gasteiger partial charge on any atom is -0.508 e. The van der Waals surface area contributed by atoms with Crippen molar-refractivity contribution >= 4 is 11.6 Å². The molecule has 84 valence electrons. The molecule has 0 aliphatic carbocycles. The minimum atomic E-state index is 0.250. The molecule has 15 heavy (non-hydrogen) atoms. The largest absolute Gasteiger partial charge is 0.508 e. The van der Waals surface area contributed by atoms with E-state index >= 15 is 0 Å². The molecule has 0 atom stereocenters. The van der Waals surface area contributed by atoms with Gasteiger partial charge in [-0.1, -0.05) is 25.4 Å². The van der Waals surface area contributed by atoms with Gasteiger partial charge >= 0.3 is 0 Å². The molecule has 0 aliphatic heterocycles. The molecule has 3 nitrogen and oxygen atoms in total. The summed E-state index contributed by atoms with van der Waals surface area (Å²) < 4.78 is 0. The van der Waals surface area contributed by atoms with Gasteiger partial charge in [-0.15, -0.1) is 0 Å². The van der Waals surface area contributed by atoms with Crippen molar-refractivity contribution in [2.45, 2.75) is 26.2 Å². The Hall–Kier alpha value is -0.770. The molecule has 0 radical (unpaired) electrons. The summed E-state index contributed by atoms with van der Waals surface area (Å²) in [5, 5.41) is 10.4. The van der Waals surface area contributed by atoms with Crippen LogP contribution in [0.25, 0.3) is 0 Å². The highest BCUT2D eigenvalue weighted by molar-refractivity contribution is 6.31. The standard InChI is InChI=1S/C11H16ClNO2/c1-7(2)9-6-11(14)8(3-4-15-13)5-10(9)12/h5-7,14H,3-4,13H2,1-2H3. The lowest BCUT2D eigenvalue weighted by Gasteiger charge is -2.12. The maximum absolute atomic E-state index is 9.74. The van der Waals surface area contributed by atoms with E-state index in [2.05, 4.69) is 4.84 Å². The Labute approximate surface area is 94.8 Å². The Morgan fingerprint density at radius 2 is 2.13 bits per heavy atom. The van der Waals surface area contributed by atoms with Gasteiger partial charge in [0.15, 0.2) is 0 Å². The van der Waals surface area contributed by atoms with Gasteiger partial charge in [0.25, 0.3) is 0 Å². The zero-order chi connectivity index (χ0) is 11.4. The zero-order valence-electron chi connectivity index (χ0n) is 8.96. The monoisotopic (exact) mass is 229 g/mol. The van der Waals surface area contributed by atoms with E-state index in [1.807, 2.05) is 13.8 Å².